The Morgan fingerprint density at radius 1 is 1.42 bits per heavy atom. The van der Waals surface area contributed by atoms with Crippen LogP contribution in [0.4, 0.5) is 8.78 Å². The summed E-state index contributed by atoms with van der Waals surface area (Å²) >= 11 is 2.87. The van der Waals surface area contributed by atoms with Gasteiger partial charge in [-0.1, -0.05) is 13.0 Å². The van der Waals surface area contributed by atoms with Crippen LogP contribution in [-0.2, 0) is 13.0 Å². The van der Waals surface area contributed by atoms with Crippen molar-refractivity contribution in [3.63, 3.8) is 0 Å². The SMILES string of the molecule is C=CCn1c(CC)cc(=O)c2cc(F)c(Br)c(F)c21. The molecule has 5 heteroatoms. The number of fused-ring (bicyclic) bond motifs is 1. The molecule has 1 aromatic heterocycles. The van der Waals surface area contributed by atoms with Crippen LogP contribution in [-0.4, -0.2) is 4.57 Å². The maximum absolute atomic E-state index is 14.3. The minimum Gasteiger partial charge on any atom is -0.338 e. The van der Waals surface area contributed by atoms with Crippen molar-refractivity contribution in [1.29, 1.82) is 0 Å². The average molecular weight is 328 g/mol. The second-order valence-electron chi connectivity index (χ2n) is 4.14. The summed E-state index contributed by atoms with van der Waals surface area (Å²) in [4.78, 5) is 11.9. The number of halogens is 3. The Morgan fingerprint density at radius 2 is 2.11 bits per heavy atom. The van der Waals surface area contributed by atoms with Crippen LogP contribution < -0.4 is 5.43 Å². The van der Waals surface area contributed by atoms with Crippen molar-refractivity contribution in [3.05, 3.63) is 56.8 Å². The lowest BCUT2D eigenvalue weighted by molar-refractivity contribution is 0.573. The number of nitrogens with zero attached hydrogens (tertiary/aromatic N) is 1. The zero-order valence-electron chi connectivity index (χ0n) is 10.3. The van der Waals surface area contributed by atoms with Crippen LogP contribution in [0, 0.1) is 11.6 Å². The molecule has 0 N–H and O–H groups in total. The first kappa shape index (κ1) is 13.9. The highest BCUT2D eigenvalue weighted by Gasteiger charge is 2.17. The molecule has 0 aliphatic carbocycles. The third kappa shape index (κ3) is 2.23. The van der Waals surface area contributed by atoms with Crippen molar-refractivity contribution in [1.82, 2.24) is 4.57 Å². The van der Waals surface area contributed by atoms with Crippen LogP contribution in [0.3, 0.4) is 0 Å². The molecular weight excluding hydrogens is 316 g/mol. The minimum atomic E-state index is -0.781. The molecule has 1 heterocycles. The normalized spacial score (nSPS) is 10.9. The van der Waals surface area contributed by atoms with Gasteiger partial charge in [0.15, 0.2) is 11.2 Å². The molecule has 0 aliphatic rings. The summed E-state index contributed by atoms with van der Waals surface area (Å²) in [5, 5.41) is 0.0391. The van der Waals surface area contributed by atoms with Crippen LogP contribution in [0.15, 0.2) is 34.1 Å². The first-order valence-corrected chi connectivity index (χ1v) is 6.61. The van der Waals surface area contributed by atoms with Crippen LogP contribution in [0.25, 0.3) is 10.9 Å². The molecule has 19 heavy (non-hydrogen) atoms. The fraction of sp³-hybridized carbons (Fsp3) is 0.214. The molecule has 0 spiro atoms. The van der Waals surface area contributed by atoms with Crippen LogP contribution in [0.5, 0.6) is 0 Å². The lowest BCUT2D eigenvalue weighted by Crippen LogP contribution is -2.15. The van der Waals surface area contributed by atoms with Crippen LogP contribution >= 0.6 is 15.9 Å². The van der Waals surface area contributed by atoms with Gasteiger partial charge >= 0.3 is 0 Å². The molecular formula is C14H12BrF2NO. The zero-order chi connectivity index (χ0) is 14.2. The summed E-state index contributed by atoms with van der Waals surface area (Å²) in [5.41, 5.74) is 0.421. The smallest absolute Gasteiger partial charge is 0.189 e. The average Bonchev–Trinajstić information content (AvgIpc) is 2.39. The third-order valence-electron chi connectivity index (χ3n) is 2.99. The molecule has 2 aromatic rings. The molecule has 2 rings (SSSR count). The largest absolute Gasteiger partial charge is 0.338 e. The summed E-state index contributed by atoms with van der Waals surface area (Å²) < 4.78 is 29.2. The molecule has 0 saturated carbocycles. The standard InChI is InChI=1S/C14H12BrF2NO/c1-3-5-18-8(4-2)6-11(19)9-7-10(16)12(15)13(17)14(9)18/h3,6-7H,1,4-5H2,2H3. The summed E-state index contributed by atoms with van der Waals surface area (Å²) in [5.74, 6) is -1.54. The first-order chi connectivity index (χ1) is 9.01. The molecule has 0 amide bonds. The first-order valence-electron chi connectivity index (χ1n) is 5.82. The van der Waals surface area contributed by atoms with Crippen molar-refractivity contribution in [2.24, 2.45) is 0 Å². The van der Waals surface area contributed by atoms with Gasteiger partial charge in [0.1, 0.15) is 5.82 Å². The van der Waals surface area contributed by atoms with Crippen molar-refractivity contribution in [3.8, 4) is 0 Å². The van der Waals surface area contributed by atoms with Gasteiger partial charge in [0.2, 0.25) is 0 Å². The number of benzene rings is 1. The van der Waals surface area contributed by atoms with Gasteiger partial charge in [0, 0.05) is 18.3 Å². The Balaban J connectivity index is 3.04. The van der Waals surface area contributed by atoms with Gasteiger partial charge in [0.25, 0.3) is 0 Å². The second kappa shape index (κ2) is 5.25. The highest BCUT2D eigenvalue weighted by molar-refractivity contribution is 9.10. The van der Waals surface area contributed by atoms with Gasteiger partial charge in [-0.2, -0.15) is 0 Å². The third-order valence-corrected chi connectivity index (χ3v) is 3.72. The van der Waals surface area contributed by atoms with E-state index in [0.29, 0.717) is 18.7 Å². The maximum Gasteiger partial charge on any atom is 0.189 e. The van der Waals surface area contributed by atoms with Gasteiger partial charge in [-0.25, -0.2) is 8.78 Å². The summed E-state index contributed by atoms with van der Waals surface area (Å²) in [6.45, 7) is 5.85. The zero-order valence-corrected chi connectivity index (χ0v) is 11.9. The van der Waals surface area contributed by atoms with E-state index in [9.17, 15) is 13.6 Å². The van der Waals surface area contributed by atoms with Gasteiger partial charge in [-0.15, -0.1) is 6.58 Å². The lowest BCUT2D eigenvalue weighted by atomic mass is 10.1. The van der Waals surface area contributed by atoms with Crippen molar-refractivity contribution >= 4 is 26.8 Å². The number of allylic oxidation sites excluding steroid dienone is 1. The van der Waals surface area contributed by atoms with E-state index in [4.69, 9.17) is 0 Å². The molecule has 0 saturated heterocycles. The molecule has 1 aromatic carbocycles. The summed E-state index contributed by atoms with van der Waals surface area (Å²) in [6, 6.07) is 2.47. The van der Waals surface area contributed by atoms with E-state index in [1.165, 1.54) is 6.07 Å². The number of aromatic nitrogens is 1. The van der Waals surface area contributed by atoms with Gasteiger partial charge in [-0.05, 0) is 28.4 Å². The Hall–Kier alpha value is -1.49. The molecule has 0 radical (unpaired) electrons. The van der Waals surface area contributed by atoms with Crippen molar-refractivity contribution in [2.45, 2.75) is 19.9 Å². The van der Waals surface area contributed by atoms with Gasteiger partial charge in [-0.3, -0.25) is 4.79 Å². The number of rotatable bonds is 3. The summed E-state index contributed by atoms with van der Waals surface area (Å²) in [6.07, 6.45) is 2.19. The quantitative estimate of drug-likeness (QED) is 0.621. The van der Waals surface area contributed by atoms with Gasteiger partial charge < -0.3 is 4.57 Å². The molecule has 0 unspecified atom stereocenters. The van der Waals surface area contributed by atoms with E-state index in [1.54, 1.807) is 10.6 Å². The Labute approximate surface area is 117 Å². The predicted molar refractivity (Wildman–Crippen MR) is 75.4 cm³/mol. The number of aryl methyl sites for hydroxylation is 1. The van der Waals surface area contributed by atoms with E-state index in [1.807, 2.05) is 6.92 Å². The number of pyridine rings is 1. The van der Waals surface area contributed by atoms with Crippen molar-refractivity contribution in [2.75, 3.05) is 0 Å². The highest BCUT2D eigenvalue weighted by atomic mass is 79.9. The van der Waals surface area contributed by atoms with E-state index < -0.39 is 11.6 Å². The molecule has 100 valence electrons. The topological polar surface area (TPSA) is 22.0 Å². The van der Waals surface area contributed by atoms with E-state index in [0.717, 1.165) is 6.07 Å². The fourth-order valence-corrected chi connectivity index (χ4v) is 2.42. The minimum absolute atomic E-state index is 0.0391. The van der Waals surface area contributed by atoms with Crippen LogP contribution in [0.1, 0.15) is 12.6 Å². The highest BCUT2D eigenvalue weighted by Crippen LogP contribution is 2.27. The fourth-order valence-electron chi connectivity index (χ4n) is 2.12. The number of hydrogen-bond donors (Lipinski definition) is 0. The Kier molecular flexibility index (Phi) is 3.85. The van der Waals surface area contributed by atoms with E-state index in [-0.39, 0.29) is 20.8 Å². The molecule has 0 fully saturated rings. The van der Waals surface area contributed by atoms with Crippen LogP contribution in [0.2, 0.25) is 0 Å². The molecule has 2 nitrogen and oxygen atoms in total. The Bertz CT molecular complexity index is 722. The Morgan fingerprint density at radius 3 is 2.68 bits per heavy atom. The lowest BCUT2D eigenvalue weighted by Gasteiger charge is -2.15. The molecule has 0 atom stereocenters. The summed E-state index contributed by atoms with van der Waals surface area (Å²) in [7, 11) is 0. The maximum atomic E-state index is 14.3. The second-order valence-corrected chi connectivity index (χ2v) is 4.93. The van der Waals surface area contributed by atoms with E-state index in [2.05, 4.69) is 22.5 Å². The van der Waals surface area contributed by atoms with E-state index >= 15 is 0 Å². The predicted octanol–water partition coefficient (Wildman–Crippen LogP) is 3.79. The number of hydrogen-bond acceptors (Lipinski definition) is 1. The molecule has 0 bridgehead atoms. The molecule has 0 aliphatic heterocycles. The van der Waals surface area contributed by atoms with Crippen molar-refractivity contribution < 1.29 is 8.78 Å². The monoisotopic (exact) mass is 327 g/mol. The van der Waals surface area contributed by atoms with Gasteiger partial charge in [0.05, 0.1) is 15.4 Å².